The summed E-state index contributed by atoms with van der Waals surface area (Å²) in [7, 11) is -3.62. The van der Waals surface area contributed by atoms with Gasteiger partial charge in [-0.15, -0.1) is 0 Å². The minimum Gasteiger partial charge on any atom is -0.339 e. The van der Waals surface area contributed by atoms with Crippen molar-refractivity contribution in [1.29, 1.82) is 0 Å². The summed E-state index contributed by atoms with van der Waals surface area (Å²) < 4.78 is 27.0. The van der Waals surface area contributed by atoms with Crippen molar-refractivity contribution in [1.82, 2.24) is 14.1 Å². The van der Waals surface area contributed by atoms with Crippen LogP contribution in [0.3, 0.4) is 0 Å². The largest absolute Gasteiger partial charge is 0.339 e. The standard InChI is InChI=1S/C18H26ClN3O3S/c1-15-5-4-8-20(13-15)14-18(23)21-9-11-22(12-10-21)26(24,25)17-7-3-2-6-16(17)19/h2-3,6-7,15H,4-5,8-14H2,1H3. The summed E-state index contributed by atoms with van der Waals surface area (Å²) in [4.78, 5) is 16.7. The zero-order valence-corrected chi connectivity index (χ0v) is 16.7. The summed E-state index contributed by atoms with van der Waals surface area (Å²) in [5, 5.41) is 0.227. The molecular weight excluding hydrogens is 374 g/mol. The molecule has 0 aliphatic carbocycles. The Balaban J connectivity index is 1.57. The third-order valence-corrected chi connectivity index (χ3v) is 7.54. The monoisotopic (exact) mass is 399 g/mol. The van der Waals surface area contributed by atoms with Crippen molar-refractivity contribution >= 4 is 27.5 Å². The second-order valence-corrected chi connectivity index (χ2v) is 9.51. The molecule has 1 atom stereocenters. The quantitative estimate of drug-likeness (QED) is 0.775. The van der Waals surface area contributed by atoms with Crippen molar-refractivity contribution in [3.8, 4) is 0 Å². The van der Waals surface area contributed by atoms with E-state index in [1.54, 1.807) is 23.1 Å². The van der Waals surface area contributed by atoms with Gasteiger partial charge in [-0.05, 0) is 37.4 Å². The van der Waals surface area contributed by atoms with E-state index in [0.717, 1.165) is 19.5 Å². The van der Waals surface area contributed by atoms with Crippen LogP contribution >= 0.6 is 11.6 Å². The Kier molecular flexibility index (Phi) is 6.22. The van der Waals surface area contributed by atoms with Gasteiger partial charge < -0.3 is 4.90 Å². The Hall–Kier alpha value is -1.15. The number of piperidine rings is 1. The van der Waals surface area contributed by atoms with Gasteiger partial charge in [0.05, 0.1) is 11.6 Å². The van der Waals surface area contributed by atoms with E-state index in [9.17, 15) is 13.2 Å². The Morgan fingerprint density at radius 2 is 1.85 bits per heavy atom. The molecule has 0 spiro atoms. The second-order valence-electron chi connectivity index (χ2n) is 7.20. The van der Waals surface area contributed by atoms with Crippen LogP contribution < -0.4 is 0 Å². The van der Waals surface area contributed by atoms with Crippen LogP contribution in [0.5, 0.6) is 0 Å². The molecule has 1 aromatic carbocycles. The van der Waals surface area contributed by atoms with Gasteiger partial charge in [0.1, 0.15) is 4.90 Å². The minimum atomic E-state index is -3.62. The van der Waals surface area contributed by atoms with Gasteiger partial charge in [-0.2, -0.15) is 4.31 Å². The molecule has 6 nitrogen and oxygen atoms in total. The van der Waals surface area contributed by atoms with E-state index in [-0.39, 0.29) is 15.8 Å². The predicted octanol–water partition coefficient (Wildman–Crippen LogP) is 1.90. The highest BCUT2D eigenvalue weighted by Crippen LogP contribution is 2.25. The summed E-state index contributed by atoms with van der Waals surface area (Å²) >= 11 is 6.05. The lowest BCUT2D eigenvalue weighted by Crippen LogP contribution is -2.53. The molecule has 3 rings (SSSR count). The smallest absolute Gasteiger partial charge is 0.244 e. The van der Waals surface area contributed by atoms with Gasteiger partial charge in [-0.1, -0.05) is 30.7 Å². The summed E-state index contributed by atoms with van der Waals surface area (Å²) in [6.07, 6.45) is 2.36. The lowest BCUT2D eigenvalue weighted by molar-refractivity contribution is -0.134. The number of piperazine rings is 1. The van der Waals surface area contributed by atoms with Gasteiger partial charge >= 0.3 is 0 Å². The topological polar surface area (TPSA) is 60.9 Å². The molecule has 2 aliphatic heterocycles. The maximum Gasteiger partial charge on any atom is 0.244 e. The molecular formula is C18H26ClN3O3S. The zero-order valence-electron chi connectivity index (χ0n) is 15.1. The Morgan fingerprint density at radius 1 is 1.15 bits per heavy atom. The van der Waals surface area contributed by atoms with Crippen molar-refractivity contribution in [3.05, 3.63) is 29.3 Å². The van der Waals surface area contributed by atoms with Crippen LogP contribution in [0.4, 0.5) is 0 Å². The van der Waals surface area contributed by atoms with Crippen molar-refractivity contribution in [3.63, 3.8) is 0 Å². The molecule has 2 fully saturated rings. The zero-order chi connectivity index (χ0) is 18.7. The lowest BCUT2D eigenvalue weighted by Gasteiger charge is -2.36. The predicted molar refractivity (Wildman–Crippen MR) is 102 cm³/mol. The SMILES string of the molecule is CC1CCCN(CC(=O)N2CCN(S(=O)(=O)c3ccccc3Cl)CC2)C1. The Morgan fingerprint density at radius 3 is 2.50 bits per heavy atom. The van der Waals surface area contributed by atoms with Gasteiger partial charge in [0, 0.05) is 32.7 Å². The van der Waals surface area contributed by atoms with Gasteiger partial charge in [0.15, 0.2) is 0 Å². The number of halogens is 1. The maximum atomic E-state index is 12.8. The first-order valence-corrected chi connectivity index (χ1v) is 10.9. The average Bonchev–Trinajstić information content (AvgIpc) is 2.62. The van der Waals surface area contributed by atoms with Crippen molar-refractivity contribution in [2.45, 2.75) is 24.7 Å². The fraction of sp³-hybridized carbons (Fsp3) is 0.611. The molecule has 1 aromatic rings. The number of likely N-dealkylation sites (tertiary alicyclic amines) is 1. The first-order valence-electron chi connectivity index (χ1n) is 9.13. The molecule has 0 N–H and O–H groups in total. The van der Waals surface area contributed by atoms with Crippen LogP contribution in [-0.4, -0.2) is 74.2 Å². The summed E-state index contributed by atoms with van der Waals surface area (Å²) in [5.41, 5.74) is 0. The lowest BCUT2D eigenvalue weighted by atomic mass is 10.0. The van der Waals surface area contributed by atoms with E-state index in [2.05, 4.69) is 11.8 Å². The van der Waals surface area contributed by atoms with Crippen LogP contribution in [0.1, 0.15) is 19.8 Å². The number of rotatable bonds is 4. The molecule has 2 saturated heterocycles. The van der Waals surface area contributed by atoms with E-state index in [1.165, 1.54) is 16.8 Å². The number of benzene rings is 1. The molecule has 0 bridgehead atoms. The molecule has 8 heteroatoms. The second kappa shape index (κ2) is 8.25. The molecule has 0 radical (unpaired) electrons. The van der Waals surface area contributed by atoms with Gasteiger partial charge in [0.2, 0.25) is 15.9 Å². The molecule has 1 unspecified atom stereocenters. The first-order chi connectivity index (χ1) is 12.4. The number of hydrogen-bond acceptors (Lipinski definition) is 4. The number of nitrogens with zero attached hydrogens (tertiary/aromatic N) is 3. The highest BCUT2D eigenvalue weighted by Gasteiger charge is 2.32. The average molecular weight is 400 g/mol. The molecule has 2 aliphatic rings. The van der Waals surface area contributed by atoms with Crippen LogP contribution in [0.25, 0.3) is 0 Å². The minimum absolute atomic E-state index is 0.0916. The molecule has 26 heavy (non-hydrogen) atoms. The summed E-state index contributed by atoms with van der Waals surface area (Å²) in [5.74, 6) is 0.725. The van der Waals surface area contributed by atoms with Crippen LogP contribution in [0, 0.1) is 5.92 Å². The van der Waals surface area contributed by atoms with Crippen molar-refractivity contribution in [2.24, 2.45) is 5.92 Å². The van der Waals surface area contributed by atoms with E-state index < -0.39 is 10.0 Å². The van der Waals surface area contributed by atoms with E-state index in [1.807, 2.05) is 0 Å². The fourth-order valence-corrected chi connectivity index (χ4v) is 5.61. The number of carbonyl (C=O) groups excluding carboxylic acids is 1. The molecule has 0 saturated carbocycles. The third-order valence-electron chi connectivity index (χ3n) is 5.15. The summed E-state index contributed by atoms with van der Waals surface area (Å²) in [6, 6.07) is 6.47. The first kappa shape index (κ1) is 19.6. The highest BCUT2D eigenvalue weighted by atomic mass is 35.5. The van der Waals surface area contributed by atoms with E-state index in [4.69, 9.17) is 11.6 Å². The number of carbonyl (C=O) groups is 1. The van der Waals surface area contributed by atoms with Crippen LogP contribution in [0.2, 0.25) is 5.02 Å². The Bertz CT molecular complexity index is 748. The van der Waals surface area contributed by atoms with Crippen LogP contribution in [-0.2, 0) is 14.8 Å². The normalized spacial score (nSPS) is 23.2. The number of amides is 1. The van der Waals surface area contributed by atoms with Gasteiger partial charge in [-0.25, -0.2) is 8.42 Å². The third kappa shape index (κ3) is 4.39. The molecule has 144 valence electrons. The van der Waals surface area contributed by atoms with E-state index >= 15 is 0 Å². The van der Waals surface area contributed by atoms with Crippen molar-refractivity contribution < 1.29 is 13.2 Å². The van der Waals surface area contributed by atoms with Gasteiger partial charge in [0.25, 0.3) is 0 Å². The Labute approximate surface area is 160 Å². The van der Waals surface area contributed by atoms with Crippen LogP contribution in [0.15, 0.2) is 29.2 Å². The van der Waals surface area contributed by atoms with Crippen molar-refractivity contribution in [2.75, 3.05) is 45.8 Å². The van der Waals surface area contributed by atoms with Gasteiger partial charge in [-0.3, -0.25) is 9.69 Å². The maximum absolute atomic E-state index is 12.8. The fourth-order valence-electron chi connectivity index (χ4n) is 3.69. The molecule has 2 heterocycles. The number of sulfonamides is 1. The molecule has 1 amide bonds. The van der Waals surface area contributed by atoms with E-state index in [0.29, 0.717) is 38.6 Å². The summed E-state index contributed by atoms with van der Waals surface area (Å²) in [6.45, 7) is 6.03. The number of hydrogen-bond donors (Lipinski definition) is 0. The molecule has 0 aromatic heterocycles. The highest BCUT2D eigenvalue weighted by molar-refractivity contribution is 7.89.